The quantitative estimate of drug-likeness (QED) is 0.707. The maximum Gasteiger partial charge on any atom is 0.260 e. The van der Waals surface area contributed by atoms with Crippen LogP contribution >= 0.6 is 0 Å². The third kappa shape index (κ3) is 4.85. The fourth-order valence-electron chi connectivity index (χ4n) is 3.81. The third-order valence-corrected chi connectivity index (χ3v) is 7.67. The van der Waals surface area contributed by atoms with Crippen LogP contribution in [0.2, 0.25) is 0 Å². The fourth-order valence-corrected chi connectivity index (χ4v) is 5.65. The summed E-state index contributed by atoms with van der Waals surface area (Å²) in [6, 6.07) is 6.89. The predicted octanol–water partition coefficient (Wildman–Crippen LogP) is 1.85. The molecule has 1 saturated carbocycles. The number of hydrogen-bond acceptors (Lipinski definition) is 5. The Hall–Kier alpha value is -1.64. The van der Waals surface area contributed by atoms with E-state index in [1.165, 1.54) is 0 Å². The van der Waals surface area contributed by atoms with Crippen LogP contribution in [0.1, 0.15) is 37.7 Å². The summed E-state index contributed by atoms with van der Waals surface area (Å²) in [6.07, 6.45) is 3.82. The van der Waals surface area contributed by atoms with Gasteiger partial charge < -0.3 is 14.4 Å². The molecule has 1 aromatic carbocycles. The molecule has 0 bridgehead atoms. The molecule has 0 spiro atoms. The van der Waals surface area contributed by atoms with Gasteiger partial charge in [0.1, 0.15) is 5.75 Å². The molecule has 1 saturated heterocycles. The number of amides is 1. The highest BCUT2D eigenvalue weighted by atomic mass is 32.2. The Bertz CT molecular complexity index is 779. The number of aryl methyl sites for hydroxylation is 1. The lowest BCUT2D eigenvalue weighted by molar-refractivity contribution is -0.139. The molecule has 3 rings (SSSR count). The fraction of sp³-hybridized carbons (Fsp3) is 0.650. The number of piperidine rings is 1. The van der Waals surface area contributed by atoms with Crippen LogP contribution in [-0.2, 0) is 19.6 Å². The minimum absolute atomic E-state index is 0.0762. The van der Waals surface area contributed by atoms with E-state index in [9.17, 15) is 13.2 Å². The number of sulfonamides is 1. The molecule has 2 atom stereocenters. The van der Waals surface area contributed by atoms with Gasteiger partial charge in [-0.25, -0.2) is 13.1 Å². The van der Waals surface area contributed by atoms with Gasteiger partial charge in [-0.05, 0) is 44.2 Å². The molecule has 2 aliphatic rings. The van der Waals surface area contributed by atoms with Crippen LogP contribution in [0.25, 0.3) is 0 Å². The molecule has 156 valence electrons. The van der Waals surface area contributed by atoms with Crippen molar-refractivity contribution in [2.75, 3.05) is 26.9 Å². The largest absolute Gasteiger partial charge is 0.484 e. The number of ether oxygens (including phenoxy) is 2. The van der Waals surface area contributed by atoms with Crippen molar-refractivity contribution in [2.45, 2.75) is 56.4 Å². The van der Waals surface area contributed by atoms with Crippen LogP contribution in [-0.4, -0.2) is 63.4 Å². The van der Waals surface area contributed by atoms with Crippen LogP contribution in [0.15, 0.2) is 24.3 Å². The number of nitrogens with zero attached hydrogens (tertiary/aromatic N) is 1. The van der Waals surface area contributed by atoms with E-state index in [0.29, 0.717) is 31.6 Å². The number of carbonyl (C=O) groups is 1. The Morgan fingerprint density at radius 3 is 2.61 bits per heavy atom. The molecule has 1 amide bonds. The van der Waals surface area contributed by atoms with Crippen molar-refractivity contribution in [1.82, 2.24) is 9.62 Å². The summed E-state index contributed by atoms with van der Waals surface area (Å²) in [5, 5.41) is -0.300. The van der Waals surface area contributed by atoms with Gasteiger partial charge in [-0.1, -0.05) is 24.6 Å². The SMILES string of the molecule is COC[C@H]1C(NS(=O)(=O)C2CCC2)CCCN1C(=O)COc1ccccc1C. The molecule has 1 N–H and O–H groups in total. The molecule has 1 aromatic rings. The smallest absolute Gasteiger partial charge is 0.260 e. The summed E-state index contributed by atoms with van der Waals surface area (Å²) in [6.45, 7) is 2.71. The van der Waals surface area contributed by atoms with Crippen molar-refractivity contribution < 1.29 is 22.7 Å². The molecule has 1 aliphatic heterocycles. The molecule has 2 fully saturated rings. The molecular weight excluding hydrogens is 380 g/mol. The molecular formula is C20H30N2O5S. The number of nitrogens with one attached hydrogen (secondary N) is 1. The van der Waals surface area contributed by atoms with E-state index < -0.39 is 10.0 Å². The number of hydrogen-bond donors (Lipinski definition) is 1. The Labute approximate surface area is 167 Å². The number of likely N-dealkylation sites (tertiary alicyclic amines) is 1. The van der Waals surface area contributed by atoms with Crippen LogP contribution in [0.5, 0.6) is 5.75 Å². The van der Waals surface area contributed by atoms with Crippen LogP contribution in [0.3, 0.4) is 0 Å². The standard InChI is InChI=1S/C20H30N2O5S/c1-15-7-3-4-11-19(15)27-14-20(23)22-12-6-10-17(18(22)13-26-2)21-28(24,25)16-8-5-9-16/h3-4,7,11,16-18,21H,5-6,8-10,12-14H2,1-2H3/t17?,18-/m0/s1. The molecule has 0 aromatic heterocycles. The summed E-state index contributed by atoms with van der Waals surface area (Å²) < 4.78 is 39.0. The van der Waals surface area contributed by atoms with E-state index in [1.54, 1.807) is 12.0 Å². The summed E-state index contributed by atoms with van der Waals surface area (Å²) in [5.74, 6) is 0.524. The van der Waals surface area contributed by atoms with Crippen molar-refractivity contribution >= 4 is 15.9 Å². The van der Waals surface area contributed by atoms with Gasteiger partial charge in [0, 0.05) is 19.7 Å². The van der Waals surface area contributed by atoms with Gasteiger partial charge in [0.15, 0.2) is 6.61 Å². The maximum atomic E-state index is 12.8. The van der Waals surface area contributed by atoms with Crippen molar-refractivity contribution in [1.29, 1.82) is 0 Å². The average Bonchev–Trinajstić information content (AvgIpc) is 2.60. The molecule has 1 heterocycles. The van der Waals surface area contributed by atoms with Gasteiger partial charge in [0.2, 0.25) is 10.0 Å². The van der Waals surface area contributed by atoms with E-state index in [0.717, 1.165) is 18.4 Å². The van der Waals surface area contributed by atoms with Crippen molar-refractivity contribution in [2.24, 2.45) is 0 Å². The lowest BCUT2D eigenvalue weighted by atomic mass is 9.97. The summed E-state index contributed by atoms with van der Waals surface area (Å²) in [7, 11) is -1.79. The lowest BCUT2D eigenvalue weighted by Gasteiger charge is -2.42. The van der Waals surface area contributed by atoms with E-state index in [2.05, 4.69) is 4.72 Å². The molecule has 0 radical (unpaired) electrons. The number of carbonyl (C=O) groups excluding carboxylic acids is 1. The molecule has 1 unspecified atom stereocenters. The Kier molecular flexibility index (Phi) is 6.95. The number of benzene rings is 1. The number of methoxy groups -OCH3 is 1. The van der Waals surface area contributed by atoms with Crippen LogP contribution < -0.4 is 9.46 Å². The highest BCUT2D eigenvalue weighted by Gasteiger charge is 2.39. The number of rotatable bonds is 8. The van der Waals surface area contributed by atoms with Gasteiger partial charge in [-0.15, -0.1) is 0 Å². The van der Waals surface area contributed by atoms with E-state index in [-0.39, 0.29) is 36.5 Å². The van der Waals surface area contributed by atoms with Crippen LogP contribution in [0, 0.1) is 6.92 Å². The Morgan fingerprint density at radius 1 is 1.21 bits per heavy atom. The van der Waals surface area contributed by atoms with E-state index >= 15 is 0 Å². The normalized spacial score (nSPS) is 23.3. The number of para-hydroxylation sites is 1. The van der Waals surface area contributed by atoms with Gasteiger partial charge in [0.05, 0.1) is 17.9 Å². The topological polar surface area (TPSA) is 84.9 Å². The zero-order chi connectivity index (χ0) is 20.1. The minimum atomic E-state index is -3.36. The summed E-state index contributed by atoms with van der Waals surface area (Å²) in [5.41, 5.74) is 0.966. The molecule has 1 aliphatic carbocycles. The van der Waals surface area contributed by atoms with Crippen LogP contribution in [0.4, 0.5) is 0 Å². The monoisotopic (exact) mass is 410 g/mol. The Balaban J connectivity index is 1.66. The molecule has 8 heteroatoms. The third-order valence-electron chi connectivity index (χ3n) is 5.69. The van der Waals surface area contributed by atoms with E-state index in [1.807, 2.05) is 31.2 Å². The average molecular weight is 411 g/mol. The minimum Gasteiger partial charge on any atom is -0.484 e. The molecule has 7 nitrogen and oxygen atoms in total. The molecule has 28 heavy (non-hydrogen) atoms. The first-order valence-electron chi connectivity index (χ1n) is 9.90. The predicted molar refractivity (Wildman–Crippen MR) is 107 cm³/mol. The zero-order valence-corrected chi connectivity index (χ0v) is 17.4. The van der Waals surface area contributed by atoms with Gasteiger partial charge in [0.25, 0.3) is 5.91 Å². The zero-order valence-electron chi connectivity index (χ0n) is 16.6. The van der Waals surface area contributed by atoms with Gasteiger partial charge in [-0.2, -0.15) is 0 Å². The second kappa shape index (κ2) is 9.24. The summed E-state index contributed by atoms with van der Waals surface area (Å²) >= 11 is 0. The highest BCUT2D eigenvalue weighted by Crippen LogP contribution is 2.27. The van der Waals surface area contributed by atoms with Crippen molar-refractivity contribution in [3.05, 3.63) is 29.8 Å². The second-order valence-electron chi connectivity index (χ2n) is 7.63. The van der Waals surface area contributed by atoms with E-state index in [4.69, 9.17) is 9.47 Å². The first-order valence-corrected chi connectivity index (χ1v) is 11.4. The van der Waals surface area contributed by atoms with Gasteiger partial charge >= 0.3 is 0 Å². The first-order chi connectivity index (χ1) is 13.4. The van der Waals surface area contributed by atoms with Gasteiger partial charge in [-0.3, -0.25) is 4.79 Å². The Morgan fingerprint density at radius 2 is 1.96 bits per heavy atom. The lowest BCUT2D eigenvalue weighted by Crippen LogP contribution is -2.60. The highest BCUT2D eigenvalue weighted by molar-refractivity contribution is 7.90. The van der Waals surface area contributed by atoms with Crippen molar-refractivity contribution in [3.63, 3.8) is 0 Å². The summed E-state index contributed by atoms with van der Waals surface area (Å²) in [4.78, 5) is 14.6. The van der Waals surface area contributed by atoms with Crippen molar-refractivity contribution in [3.8, 4) is 5.75 Å². The first kappa shape index (κ1) is 21.1. The maximum absolute atomic E-state index is 12.8. The second-order valence-corrected chi connectivity index (χ2v) is 9.62.